The minimum Gasteiger partial charge on any atom is -0.300 e. The van der Waals surface area contributed by atoms with Crippen LogP contribution in [-0.2, 0) is 4.79 Å². The molecule has 0 saturated carbocycles. The van der Waals surface area contributed by atoms with Crippen molar-refractivity contribution in [2.75, 3.05) is 5.75 Å². The summed E-state index contributed by atoms with van der Waals surface area (Å²) in [5.41, 5.74) is 0. The second-order valence-electron chi connectivity index (χ2n) is 3.67. The number of aromatic nitrogens is 2. The van der Waals surface area contributed by atoms with Crippen LogP contribution >= 0.6 is 34.4 Å². The summed E-state index contributed by atoms with van der Waals surface area (Å²) in [6, 6.07) is 4.05. The number of carbonyl (C=O) groups excluding carboxylic acids is 1. The monoisotopic (exact) mass is 284 g/mol. The van der Waals surface area contributed by atoms with Crippen LogP contribution in [0.5, 0.6) is 0 Å². The zero-order chi connectivity index (χ0) is 12.3. The van der Waals surface area contributed by atoms with Gasteiger partial charge in [-0.25, -0.2) is 0 Å². The molecule has 0 radical (unpaired) electrons. The molecular formula is C11H12N2OS3. The molecule has 1 unspecified atom stereocenters. The van der Waals surface area contributed by atoms with Crippen LogP contribution in [0.15, 0.2) is 21.9 Å². The molecule has 2 heterocycles. The third-order valence-corrected chi connectivity index (χ3v) is 5.65. The van der Waals surface area contributed by atoms with Crippen LogP contribution in [0.1, 0.15) is 13.8 Å². The van der Waals surface area contributed by atoms with E-state index in [-0.39, 0.29) is 11.7 Å². The zero-order valence-corrected chi connectivity index (χ0v) is 12.0. The van der Waals surface area contributed by atoms with Gasteiger partial charge >= 0.3 is 0 Å². The van der Waals surface area contributed by atoms with Crippen LogP contribution in [0.2, 0.25) is 0 Å². The molecule has 3 nitrogen and oxygen atoms in total. The molecule has 1 atom stereocenters. The van der Waals surface area contributed by atoms with Gasteiger partial charge in [0, 0.05) is 11.7 Å². The number of Topliss-reactive ketones (excluding diaryl/α,β-unsaturated/α-hetero) is 1. The van der Waals surface area contributed by atoms with Gasteiger partial charge in [-0.15, -0.1) is 21.5 Å². The number of hydrogen-bond acceptors (Lipinski definition) is 6. The van der Waals surface area contributed by atoms with Crippen molar-refractivity contribution in [2.45, 2.75) is 18.2 Å². The lowest BCUT2D eigenvalue weighted by atomic mass is 10.1. The highest BCUT2D eigenvalue weighted by Crippen LogP contribution is 2.32. The van der Waals surface area contributed by atoms with E-state index in [9.17, 15) is 4.79 Å². The summed E-state index contributed by atoms with van der Waals surface area (Å²) >= 11 is 4.85. The van der Waals surface area contributed by atoms with Gasteiger partial charge in [-0.1, -0.05) is 36.1 Å². The van der Waals surface area contributed by atoms with Crippen LogP contribution in [0, 0.1) is 5.92 Å². The first-order valence-electron chi connectivity index (χ1n) is 5.17. The quantitative estimate of drug-likeness (QED) is 0.787. The minimum absolute atomic E-state index is 0.0779. The first-order chi connectivity index (χ1) is 8.16. The molecule has 0 aromatic carbocycles. The molecule has 0 N–H and O–H groups in total. The molecule has 2 aromatic heterocycles. The predicted octanol–water partition coefficient (Wildman–Crippen LogP) is 3.58. The summed E-state index contributed by atoms with van der Waals surface area (Å²) in [6.45, 7) is 3.57. The van der Waals surface area contributed by atoms with Crippen molar-refractivity contribution >= 4 is 40.2 Å². The van der Waals surface area contributed by atoms with Gasteiger partial charge in [0.05, 0.1) is 4.88 Å². The largest absolute Gasteiger partial charge is 0.300 e. The van der Waals surface area contributed by atoms with E-state index in [1.807, 2.05) is 24.4 Å². The molecule has 0 aliphatic heterocycles. The Morgan fingerprint density at radius 1 is 1.53 bits per heavy atom. The highest BCUT2D eigenvalue weighted by Gasteiger charge is 2.12. The van der Waals surface area contributed by atoms with Crippen LogP contribution < -0.4 is 0 Å². The van der Waals surface area contributed by atoms with Gasteiger partial charge in [0.1, 0.15) is 5.78 Å². The van der Waals surface area contributed by atoms with Crippen LogP contribution in [-0.4, -0.2) is 21.7 Å². The Labute approximate surface area is 112 Å². The zero-order valence-electron chi connectivity index (χ0n) is 9.54. The van der Waals surface area contributed by atoms with E-state index < -0.39 is 0 Å². The number of carbonyl (C=O) groups is 1. The Balaban J connectivity index is 1.97. The summed E-state index contributed by atoms with van der Waals surface area (Å²) in [5, 5.41) is 11.3. The molecule has 0 fully saturated rings. The molecule has 90 valence electrons. The van der Waals surface area contributed by atoms with E-state index in [0.717, 1.165) is 20.0 Å². The van der Waals surface area contributed by atoms with Crippen LogP contribution in [0.4, 0.5) is 0 Å². The van der Waals surface area contributed by atoms with Crippen molar-refractivity contribution in [2.24, 2.45) is 5.92 Å². The molecule has 0 bridgehead atoms. The molecule has 0 aliphatic carbocycles. The SMILES string of the molecule is CC(=O)C(C)CSc1nnc(-c2cccs2)s1. The maximum atomic E-state index is 11.1. The average Bonchev–Trinajstić information content (AvgIpc) is 2.95. The second kappa shape index (κ2) is 5.75. The third-order valence-electron chi connectivity index (χ3n) is 2.29. The van der Waals surface area contributed by atoms with E-state index in [4.69, 9.17) is 0 Å². The highest BCUT2D eigenvalue weighted by molar-refractivity contribution is 8.01. The topological polar surface area (TPSA) is 42.9 Å². The molecule has 0 spiro atoms. The number of hydrogen-bond donors (Lipinski definition) is 0. The van der Waals surface area contributed by atoms with Crippen molar-refractivity contribution in [1.82, 2.24) is 10.2 Å². The summed E-state index contributed by atoms with van der Waals surface area (Å²) < 4.78 is 0.932. The van der Waals surface area contributed by atoms with E-state index in [2.05, 4.69) is 10.2 Å². The number of thioether (sulfide) groups is 1. The fourth-order valence-electron chi connectivity index (χ4n) is 1.08. The summed E-state index contributed by atoms with van der Waals surface area (Å²) in [5.74, 6) is 1.07. The Morgan fingerprint density at radius 3 is 3.00 bits per heavy atom. The summed E-state index contributed by atoms with van der Waals surface area (Å²) in [6.07, 6.45) is 0. The van der Waals surface area contributed by atoms with Gasteiger partial charge in [0.25, 0.3) is 0 Å². The maximum Gasteiger partial charge on any atom is 0.174 e. The molecule has 6 heteroatoms. The summed E-state index contributed by atoms with van der Waals surface area (Å²) in [7, 11) is 0. The van der Waals surface area contributed by atoms with Gasteiger partial charge in [-0.2, -0.15) is 0 Å². The number of ketones is 1. The lowest BCUT2D eigenvalue weighted by molar-refractivity contribution is -0.119. The summed E-state index contributed by atoms with van der Waals surface area (Å²) in [4.78, 5) is 12.3. The second-order valence-corrected chi connectivity index (χ2v) is 6.87. The first-order valence-corrected chi connectivity index (χ1v) is 7.85. The molecule has 0 aliphatic rings. The number of nitrogens with zero attached hydrogens (tertiary/aromatic N) is 2. The van der Waals surface area contributed by atoms with Gasteiger partial charge in [0.15, 0.2) is 9.35 Å². The highest BCUT2D eigenvalue weighted by atomic mass is 32.2. The predicted molar refractivity (Wildman–Crippen MR) is 73.8 cm³/mol. The lowest BCUT2D eigenvalue weighted by Gasteiger charge is -2.03. The normalized spacial score (nSPS) is 12.6. The third kappa shape index (κ3) is 3.37. The Morgan fingerprint density at radius 2 is 2.35 bits per heavy atom. The van der Waals surface area contributed by atoms with Crippen molar-refractivity contribution in [3.8, 4) is 9.88 Å². The van der Waals surface area contributed by atoms with E-state index in [1.54, 1.807) is 41.4 Å². The Kier molecular flexibility index (Phi) is 4.31. The fourth-order valence-corrected chi connectivity index (χ4v) is 3.85. The standard InChI is InChI=1S/C11H12N2OS3/c1-7(8(2)14)6-16-11-13-12-10(17-11)9-4-3-5-15-9/h3-5,7H,6H2,1-2H3. The van der Waals surface area contributed by atoms with Gasteiger partial charge in [-0.3, -0.25) is 4.79 Å². The Bertz CT molecular complexity index is 493. The van der Waals surface area contributed by atoms with Crippen molar-refractivity contribution in [3.05, 3.63) is 17.5 Å². The van der Waals surface area contributed by atoms with Gasteiger partial charge in [-0.05, 0) is 18.4 Å². The number of thiophene rings is 1. The van der Waals surface area contributed by atoms with E-state index >= 15 is 0 Å². The number of rotatable bonds is 5. The van der Waals surface area contributed by atoms with Crippen LogP contribution in [0.25, 0.3) is 9.88 Å². The van der Waals surface area contributed by atoms with Crippen molar-refractivity contribution in [1.29, 1.82) is 0 Å². The smallest absolute Gasteiger partial charge is 0.174 e. The lowest BCUT2D eigenvalue weighted by Crippen LogP contribution is -2.08. The fraction of sp³-hybridized carbons (Fsp3) is 0.364. The molecule has 2 rings (SSSR count). The van der Waals surface area contributed by atoms with Crippen molar-refractivity contribution in [3.63, 3.8) is 0 Å². The van der Waals surface area contributed by atoms with E-state index in [1.165, 1.54) is 0 Å². The molecule has 0 amide bonds. The maximum absolute atomic E-state index is 11.1. The minimum atomic E-state index is 0.0779. The van der Waals surface area contributed by atoms with Crippen molar-refractivity contribution < 1.29 is 4.79 Å². The molecule has 17 heavy (non-hydrogen) atoms. The average molecular weight is 284 g/mol. The first kappa shape index (κ1) is 12.7. The molecule has 2 aromatic rings. The van der Waals surface area contributed by atoms with Gasteiger partial charge < -0.3 is 0 Å². The van der Waals surface area contributed by atoms with Crippen LogP contribution in [0.3, 0.4) is 0 Å². The molecular weight excluding hydrogens is 272 g/mol. The van der Waals surface area contributed by atoms with Gasteiger partial charge in [0.2, 0.25) is 0 Å². The molecule has 0 saturated heterocycles. The Hall–Kier alpha value is -0.720. The van der Waals surface area contributed by atoms with E-state index in [0.29, 0.717) is 0 Å².